The van der Waals surface area contributed by atoms with Crippen LogP contribution in [0.2, 0.25) is 0 Å². The van der Waals surface area contributed by atoms with Crippen molar-refractivity contribution in [3.05, 3.63) is 48.3 Å². The highest BCUT2D eigenvalue weighted by atomic mass is 32.2. The molecule has 4 nitrogen and oxygen atoms in total. The molecule has 1 aromatic carbocycles. The third-order valence-electron chi connectivity index (χ3n) is 5.90. The van der Waals surface area contributed by atoms with E-state index in [1.54, 1.807) is 6.20 Å². The van der Waals surface area contributed by atoms with E-state index in [0.717, 1.165) is 43.7 Å². The number of hydrogen-bond donors (Lipinski definition) is 0. The number of hydrogen-bond acceptors (Lipinski definition) is 3. The zero-order valence-corrected chi connectivity index (χ0v) is 17.6. The molecule has 3 rings (SSSR count). The van der Waals surface area contributed by atoms with Crippen LogP contribution in [0.3, 0.4) is 0 Å². The summed E-state index contributed by atoms with van der Waals surface area (Å²) in [4.78, 5) is 0. The van der Waals surface area contributed by atoms with Gasteiger partial charge in [0.2, 0.25) is 0 Å². The van der Waals surface area contributed by atoms with Gasteiger partial charge in [-0.1, -0.05) is 25.0 Å². The van der Waals surface area contributed by atoms with Gasteiger partial charge in [0.15, 0.2) is 9.84 Å². The van der Waals surface area contributed by atoms with Gasteiger partial charge in [-0.2, -0.15) is 5.10 Å². The van der Waals surface area contributed by atoms with Crippen molar-refractivity contribution in [3.63, 3.8) is 0 Å². The Labute approximate surface area is 163 Å². The summed E-state index contributed by atoms with van der Waals surface area (Å²) in [5.74, 6) is 1.43. The summed E-state index contributed by atoms with van der Waals surface area (Å²) in [7, 11) is -3.00. The molecule has 0 amide bonds. The lowest BCUT2D eigenvalue weighted by atomic mass is 9.80. The summed E-state index contributed by atoms with van der Waals surface area (Å²) in [5.41, 5.74) is 2.45. The van der Waals surface area contributed by atoms with Crippen molar-refractivity contribution < 1.29 is 8.42 Å². The van der Waals surface area contributed by atoms with Crippen LogP contribution in [-0.4, -0.2) is 28.7 Å². The summed E-state index contributed by atoms with van der Waals surface area (Å²) in [5, 5.41) is 4.26. The molecule has 0 unspecified atom stereocenters. The minimum absolute atomic E-state index is 0.346. The predicted octanol–water partition coefficient (Wildman–Crippen LogP) is 4.82. The Morgan fingerprint density at radius 2 is 1.67 bits per heavy atom. The largest absolute Gasteiger partial charge is 0.241 e. The summed E-state index contributed by atoms with van der Waals surface area (Å²) in [6, 6.07) is 10.6. The molecule has 0 atom stereocenters. The van der Waals surface area contributed by atoms with Crippen LogP contribution in [0.5, 0.6) is 0 Å². The SMILES string of the molecule is CC(C)(C)S(=O)(=O)CC1CCC(CCc2ccc(-n3cccn3)cc2)CC1. The molecule has 1 aliphatic rings. The topological polar surface area (TPSA) is 52.0 Å². The normalized spacial score (nSPS) is 21.3. The second kappa shape index (κ2) is 8.17. The van der Waals surface area contributed by atoms with E-state index in [1.165, 1.54) is 12.0 Å². The lowest BCUT2D eigenvalue weighted by Gasteiger charge is -2.30. The van der Waals surface area contributed by atoms with Crippen molar-refractivity contribution in [1.29, 1.82) is 0 Å². The van der Waals surface area contributed by atoms with Crippen LogP contribution in [0.25, 0.3) is 5.69 Å². The molecule has 0 spiro atoms. The molecule has 1 fully saturated rings. The lowest BCUT2D eigenvalue weighted by Crippen LogP contribution is -2.34. The first kappa shape index (κ1) is 20.1. The summed E-state index contributed by atoms with van der Waals surface area (Å²) >= 11 is 0. The summed E-state index contributed by atoms with van der Waals surface area (Å²) < 4.78 is 26.1. The van der Waals surface area contributed by atoms with Crippen molar-refractivity contribution in [1.82, 2.24) is 9.78 Å². The Morgan fingerprint density at radius 1 is 1.04 bits per heavy atom. The van der Waals surface area contributed by atoms with Gasteiger partial charge in [-0.25, -0.2) is 13.1 Å². The zero-order chi connectivity index (χ0) is 19.5. The van der Waals surface area contributed by atoms with Crippen molar-refractivity contribution in [2.45, 2.75) is 64.0 Å². The summed E-state index contributed by atoms with van der Waals surface area (Å²) in [6.45, 7) is 5.43. The van der Waals surface area contributed by atoms with Gasteiger partial charge in [0.1, 0.15) is 0 Å². The molecular formula is C22H32N2O2S. The first-order valence-electron chi connectivity index (χ1n) is 10.1. The van der Waals surface area contributed by atoms with E-state index in [2.05, 4.69) is 29.4 Å². The molecule has 0 saturated heterocycles. The lowest BCUT2D eigenvalue weighted by molar-refractivity contribution is 0.278. The van der Waals surface area contributed by atoms with Crippen molar-refractivity contribution in [3.8, 4) is 5.69 Å². The molecule has 5 heteroatoms. The standard InChI is InChI=1S/C22H32N2O2S/c1-22(2,3)27(25,26)17-20-9-7-18(8-10-20)5-6-19-11-13-21(14-12-19)24-16-4-15-23-24/h4,11-16,18,20H,5-10,17H2,1-3H3. The molecule has 1 saturated carbocycles. The zero-order valence-electron chi connectivity index (χ0n) is 16.8. The third kappa shape index (κ3) is 5.22. The molecule has 1 aromatic heterocycles. The van der Waals surface area contributed by atoms with Crippen LogP contribution in [0.4, 0.5) is 0 Å². The highest BCUT2D eigenvalue weighted by Gasteiger charge is 2.33. The smallest absolute Gasteiger partial charge is 0.155 e. The van der Waals surface area contributed by atoms with Crippen molar-refractivity contribution in [2.75, 3.05) is 5.75 Å². The average Bonchev–Trinajstić information content (AvgIpc) is 3.15. The number of benzene rings is 1. The van der Waals surface area contributed by atoms with Crippen molar-refractivity contribution in [2.24, 2.45) is 11.8 Å². The minimum Gasteiger partial charge on any atom is -0.241 e. The highest BCUT2D eigenvalue weighted by molar-refractivity contribution is 7.92. The Hall–Kier alpha value is -1.62. The fourth-order valence-corrected chi connectivity index (χ4v) is 5.31. The van der Waals surface area contributed by atoms with E-state index in [9.17, 15) is 8.42 Å². The van der Waals surface area contributed by atoms with E-state index in [4.69, 9.17) is 0 Å². The maximum Gasteiger partial charge on any atom is 0.155 e. The molecule has 148 valence electrons. The van der Waals surface area contributed by atoms with Gasteiger partial charge in [0.05, 0.1) is 16.2 Å². The number of aryl methyl sites for hydroxylation is 1. The number of aromatic nitrogens is 2. The molecular weight excluding hydrogens is 356 g/mol. The molecule has 1 aliphatic carbocycles. The molecule has 0 N–H and O–H groups in total. The first-order valence-corrected chi connectivity index (χ1v) is 11.7. The Balaban J connectivity index is 1.45. The number of rotatable bonds is 6. The first-order chi connectivity index (χ1) is 12.7. The van der Waals surface area contributed by atoms with Crippen LogP contribution < -0.4 is 0 Å². The van der Waals surface area contributed by atoms with Crippen LogP contribution in [0.1, 0.15) is 58.4 Å². The number of nitrogens with zero attached hydrogens (tertiary/aromatic N) is 2. The van der Waals surface area contributed by atoms with Crippen molar-refractivity contribution >= 4 is 9.84 Å². The second-order valence-corrected chi connectivity index (χ2v) is 11.7. The van der Waals surface area contributed by atoms with Crippen LogP contribution >= 0.6 is 0 Å². The fraction of sp³-hybridized carbons (Fsp3) is 0.591. The Kier molecular flexibility index (Phi) is 6.09. The third-order valence-corrected chi connectivity index (χ3v) is 8.68. The van der Waals surface area contributed by atoms with Crippen LogP contribution in [0, 0.1) is 11.8 Å². The van der Waals surface area contributed by atoms with Crippen LogP contribution in [-0.2, 0) is 16.3 Å². The molecule has 27 heavy (non-hydrogen) atoms. The number of sulfone groups is 1. The van der Waals surface area contributed by atoms with Gasteiger partial charge in [0.25, 0.3) is 0 Å². The fourth-order valence-electron chi connectivity index (χ4n) is 3.85. The molecule has 2 aromatic rings. The Morgan fingerprint density at radius 3 is 2.22 bits per heavy atom. The van der Waals surface area contributed by atoms with E-state index < -0.39 is 14.6 Å². The van der Waals surface area contributed by atoms with Gasteiger partial charge >= 0.3 is 0 Å². The summed E-state index contributed by atoms with van der Waals surface area (Å²) in [6.07, 6.45) is 10.5. The van der Waals surface area contributed by atoms with E-state index >= 15 is 0 Å². The molecule has 0 bridgehead atoms. The second-order valence-electron chi connectivity index (χ2n) is 8.94. The molecule has 1 heterocycles. The predicted molar refractivity (Wildman–Crippen MR) is 111 cm³/mol. The van der Waals surface area contributed by atoms with Gasteiger partial charge < -0.3 is 0 Å². The van der Waals surface area contributed by atoms with Crippen LogP contribution in [0.15, 0.2) is 42.7 Å². The van der Waals surface area contributed by atoms with E-state index in [-0.39, 0.29) is 0 Å². The highest BCUT2D eigenvalue weighted by Crippen LogP contribution is 2.34. The quantitative estimate of drug-likeness (QED) is 0.712. The van der Waals surface area contributed by atoms with Gasteiger partial charge in [-0.15, -0.1) is 0 Å². The molecule has 0 aliphatic heterocycles. The van der Waals surface area contributed by atoms with Gasteiger partial charge in [0, 0.05) is 12.4 Å². The average molecular weight is 389 g/mol. The van der Waals surface area contributed by atoms with Gasteiger partial charge in [-0.05, 0) is 82.1 Å². The minimum atomic E-state index is -3.00. The molecule has 0 radical (unpaired) electrons. The Bertz CT molecular complexity index is 810. The maximum absolute atomic E-state index is 12.4. The maximum atomic E-state index is 12.4. The van der Waals surface area contributed by atoms with E-state index in [0.29, 0.717) is 11.7 Å². The van der Waals surface area contributed by atoms with E-state index in [1.807, 2.05) is 37.7 Å². The van der Waals surface area contributed by atoms with Gasteiger partial charge in [-0.3, -0.25) is 0 Å². The monoisotopic (exact) mass is 388 g/mol.